The number of rotatable bonds is 7. The molecule has 1 atom stereocenters. The van der Waals surface area contributed by atoms with Crippen LogP contribution in [0.2, 0.25) is 0 Å². The van der Waals surface area contributed by atoms with Crippen molar-refractivity contribution < 1.29 is 22.3 Å². The molecule has 7 heteroatoms. The number of hydrogen-bond donors (Lipinski definition) is 2. The Morgan fingerprint density at radius 2 is 1.82 bits per heavy atom. The van der Waals surface area contributed by atoms with E-state index in [1.54, 1.807) is 37.4 Å². The second-order valence-electron chi connectivity index (χ2n) is 6.34. The molecule has 0 saturated carbocycles. The summed E-state index contributed by atoms with van der Waals surface area (Å²) in [7, 11) is -1.88. The van der Waals surface area contributed by atoms with Crippen LogP contribution >= 0.6 is 0 Å². The summed E-state index contributed by atoms with van der Waals surface area (Å²) in [6, 6.07) is 8.37. The molecule has 1 amide bonds. The minimum Gasteiger partial charge on any atom is -0.382 e. The van der Waals surface area contributed by atoms with E-state index < -0.39 is 10.1 Å². The Bertz CT molecular complexity index is 579. The van der Waals surface area contributed by atoms with Crippen molar-refractivity contribution in [1.82, 2.24) is 5.32 Å². The van der Waals surface area contributed by atoms with Crippen LogP contribution < -0.4 is 14.4 Å². The standard InChI is InChI=1S/C15H24N2O4S/c1-15(2,3)16-14(18)12-17(4)10-11-22(19,20)21-13-8-6-5-7-9-13/h5-9H,10-12H2,1-4H3,(H,16,18)/p+1. The molecule has 2 N–H and O–H groups in total. The SMILES string of the molecule is C[NH+](CCS(=O)(=O)Oc1ccccc1)CC(=O)NC(C)(C)C. The van der Waals surface area contributed by atoms with Crippen molar-refractivity contribution in [2.45, 2.75) is 26.3 Å². The third kappa shape index (κ3) is 7.99. The lowest BCUT2D eigenvalue weighted by Gasteiger charge is -2.21. The minimum absolute atomic E-state index is 0.105. The highest BCUT2D eigenvalue weighted by Crippen LogP contribution is 2.11. The van der Waals surface area contributed by atoms with Crippen molar-refractivity contribution in [2.75, 3.05) is 25.9 Å². The molecule has 1 aromatic carbocycles. The quantitative estimate of drug-likeness (QED) is 0.681. The molecule has 0 aliphatic rings. The number of hydrogen-bond acceptors (Lipinski definition) is 4. The molecular weight excluding hydrogens is 304 g/mol. The number of carbonyl (C=O) groups excluding carboxylic acids is 1. The molecule has 1 rings (SSSR count). The lowest BCUT2D eigenvalue weighted by atomic mass is 10.1. The molecule has 0 heterocycles. The number of quaternary nitrogens is 1. The fourth-order valence-corrected chi connectivity index (χ4v) is 2.87. The maximum atomic E-state index is 11.9. The van der Waals surface area contributed by atoms with Crippen molar-refractivity contribution >= 4 is 16.0 Å². The van der Waals surface area contributed by atoms with E-state index in [0.717, 1.165) is 4.90 Å². The van der Waals surface area contributed by atoms with E-state index in [1.807, 2.05) is 20.8 Å². The first-order valence-corrected chi connectivity index (χ1v) is 8.75. The molecule has 22 heavy (non-hydrogen) atoms. The highest BCUT2D eigenvalue weighted by atomic mass is 32.2. The smallest absolute Gasteiger partial charge is 0.314 e. The minimum atomic E-state index is -3.65. The fraction of sp³-hybridized carbons (Fsp3) is 0.533. The van der Waals surface area contributed by atoms with E-state index >= 15 is 0 Å². The van der Waals surface area contributed by atoms with Crippen LogP contribution in [0.4, 0.5) is 0 Å². The molecule has 0 aliphatic carbocycles. The van der Waals surface area contributed by atoms with Gasteiger partial charge in [0.15, 0.2) is 6.54 Å². The van der Waals surface area contributed by atoms with E-state index in [2.05, 4.69) is 5.32 Å². The van der Waals surface area contributed by atoms with Gasteiger partial charge >= 0.3 is 10.1 Å². The Kier molecular flexibility index (Phi) is 6.37. The van der Waals surface area contributed by atoms with Crippen LogP contribution in [0.3, 0.4) is 0 Å². The summed E-state index contributed by atoms with van der Waals surface area (Å²) in [5, 5.41) is 2.85. The van der Waals surface area contributed by atoms with E-state index in [1.165, 1.54) is 0 Å². The van der Waals surface area contributed by atoms with Gasteiger partial charge in [0.25, 0.3) is 5.91 Å². The van der Waals surface area contributed by atoms with Crippen LogP contribution in [0, 0.1) is 0 Å². The summed E-state index contributed by atoms with van der Waals surface area (Å²) in [6.45, 7) is 6.22. The number of nitrogens with one attached hydrogen (secondary N) is 2. The van der Waals surface area contributed by atoms with E-state index in [4.69, 9.17) is 4.18 Å². The van der Waals surface area contributed by atoms with Crippen LogP contribution in [-0.2, 0) is 14.9 Å². The third-order valence-corrected chi connectivity index (χ3v) is 3.87. The molecule has 0 aliphatic heterocycles. The number of amides is 1. The molecule has 6 nitrogen and oxygen atoms in total. The Hall–Kier alpha value is -1.60. The summed E-state index contributed by atoms with van der Waals surface area (Å²) in [5.41, 5.74) is -0.292. The van der Waals surface area contributed by atoms with Crippen LogP contribution in [0.25, 0.3) is 0 Å². The Morgan fingerprint density at radius 1 is 1.23 bits per heavy atom. The molecule has 0 saturated heterocycles. The van der Waals surface area contributed by atoms with Gasteiger partial charge < -0.3 is 14.4 Å². The number of likely N-dealkylation sites (N-methyl/N-ethyl adjacent to an activating group) is 1. The monoisotopic (exact) mass is 329 g/mol. The number of benzene rings is 1. The maximum Gasteiger partial charge on any atom is 0.314 e. The molecule has 1 unspecified atom stereocenters. The second-order valence-corrected chi connectivity index (χ2v) is 8.03. The van der Waals surface area contributed by atoms with Gasteiger partial charge in [0.1, 0.15) is 11.5 Å². The van der Waals surface area contributed by atoms with Gasteiger partial charge in [-0.15, -0.1) is 0 Å². The highest BCUT2D eigenvalue weighted by molar-refractivity contribution is 7.87. The van der Waals surface area contributed by atoms with Crippen LogP contribution in [0.5, 0.6) is 5.75 Å². The van der Waals surface area contributed by atoms with E-state index in [-0.39, 0.29) is 23.7 Å². The van der Waals surface area contributed by atoms with Gasteiger partial charge in [0.05, 0.1) is 13.6 Å². The fourth-order valence-electron chi connectivity index (χ4n) is 1.79. The summed E-state index contributed by atoms with van der Waals surface area (Å²) >= 11 is 0. The Morgan fingerprint density at radius 3 is 2.36 bits per heavy atom. The van der Waals surface area contributed by atoms with Crippen LogP contribution in [-0.4, -0.2) is 45.8 Å². The first-order chi connectivity index (χ1) is 10.1. The van der Waals surface area contributed by atoms with Gasteiger partial charge in [-0.1, -0.05) is 18.2 Å². The lowest BCUT2D eigenvalue weighted by molar-refractivity contribution is -0.868. The van der Waals surface area contributed by atoms with Gasteiger partial charge in [-0.05, 0) is 32.9 Å². The summed E-state index contributed by atoms with van der Waals surface area (Å²) in [5.74, 6) is 0.0493. The van der Waals surface area contributed by atoms with Crippen molar-refractivity contribution in [1.29, 1.82) is 0 Å². The number of para-hydroxylation sites is 1. The Labute approximate surface area is 132 Å². The molecule has 0 fully saturated rings. The van der Waals surface area contributed by atoms with Gasteiger partial charge in [0, 0.05) is 5.54 Å². The predicted molar refractivity (Wildman–Crippen MR) is 85.4 cm³/mol. The van der Waals surface area contributed by atoms with Gasteiger partial charge in [-0.25, -0.2) is 0 Å². The van der Waals surface area contributed by atoms with Crippen molar-refractivity contribution in [2.24, 2.45) is 0 Å². The first kappa shape index (κ1) is 18.4. The number of carbonyl (C=O) groups is 1. The second kappa shape index (κ2) is 7.60. The first-order valence-electron chi connectivity index (χ1n) is 7.17. The van der Waals surface area contributed by atoms with Gasteiger partial charge in [0.2, 0.25) is 0 Å². The zero-order valence-corrected chi connectivity index (χ0v) is 14.4. The molecule has 1 aromatic rings. The van der Waals surface area contributed by atoms with E-state index in [9.17, 15) is 13.2 Å². The average molecular weight is 329 g/mol. The van der Waals surface area contributed by atoms with Crippen LogP contribution in [0.1, 0.15) is 20.8 Å². The van der Waals surface area contributed by atoms with Gasteiger partial charge in [-0.2, -0.15) is 8.42 Å². The maximum absolute atomic E-state index is 11.9. The topological polar surface area (TPSA) is 76.9 Å². The van der Waals surface area contributed by atoms with Crippen molar-refractivity contribution in [3.63, 3.8) is 0 Å². The highest BCUT2D eigenvalue weighted by Gasteiger charge is 2.20. The summed E-state index contributed by atoms with van der Waals surface area (Å²) in [6.07, 6.45) is 0. The third-order valence-electron chi connectivity index (χ3n) is 2.72. The summed E-state index contributed by atoms with van der Waals surface area (Å²) < 4.78 is 28.8. The van der Waals surface area contributed by atoms with E-state index in [0.29, 0.717) is 12.3 Å². The van der Waals surface area contributed by atoms with Crippen molar-refractivity contribution in [3.8, 4) is 5.75 Å². The molecule has 0 aromatic heterocycles. The average Bonchev–Trinajstić information content (AvgIpc) is 2.35. The normalized spacial score (nSPS) is 13.5. The lowest BCUT2D eigenvalue weighted by Crippen LogP contribution is -3.11. The zero-order valence-electron chi connectivity index (χ0n) is 13.5. The summed E-state index contributed by atoms with van der Waals surface area (Å²) in [4.78, 5) is 12.6. The van der Waals surface area contributed by atoms with Gasteiger partial charge in [-0.3, -0.25) is 4.79 Å². The predicted octanol–water partition coefficient (Wildman–Crippen LogP) is -0.175. The van der Waals surface area contributed by atoms with Crippen molar-refractivity contribution in [3.05, 3.63) is 30.3 Å². The molecule has 124 valence electrons. The largest absolute Gasteiger partial charge is 0.382 e. The molecule has 0 bridgehead atoms. The Balaban J connectivity index is 2.42. The van der Waals surface area contributed by atoms with Crippen LogP contribution in [0.15, 0.2) is 30.3 Å². The molecule has 0 spiro atoms. The molecular formula is C15H25N2O4S+. The zero-order chi connectivity index (χ0) is 16.8. The molecule has 0 radical (unpaired) electrons.